The molecule has 7 heteroatoms. The van der Waals surface area contributed by atoms with Gasteiger partial charge in [-0.1, -0.05) is 16.8 Å². The van der Waals surface area contributed by atoms with E-state index in [2.05, 4.69) is 10.1 Å². The van der Waals surface area contributed by atoms with Crippen molar-refractivity contribution in [1.82, 2.24) is 10.1 Å². The fraction of sp³-hybridized carbons (Fsp3) is 0.273. The molecule has 0 atom stereocenters. The van der Waals surface area contributed by atoms with Crippen LogP contribution < -0.4 is 10.5 Å². The number of rotatable bonds is 2. The van der Waals surface area contributed by atoms with Crippen molar-refractivity contribution < 1.29 is 14.0 Å². The van der Waals surface area contributed by atoms with Gasteiger partial charge in [0.2, 0.25) is 11.7 Å². The minimum absolute atomic E-state index is 0.187. The van der Waals surface area contributed by atoms with E-state index in [9.17, 15) is 0 Å². The average Bonchev–Trinajstić information content (AvgIpc) is 2.87. The number of hydrogen-bond donors (Lipinski definition) is 1. The van der Waals surface area contributed by atoms with Crippen LogP contribution in [-0.2, 0) is 17.9 Å². The molecule has 2 N–H and O–H groups in total. The lowest BCUT2D eigenvalue weighted by Crippen LogP contribution is -2.12. The molecule has 0 unspecified atom stereocenters. The summed E-state index contributed by atoms with van der Waals surface area (Å²) in [6, 6.07) is 3.53. The molecule has 2 heterocycles. The van der Waals surface area contributed by atoms with E-state index in [1.165, 1.54) is 0 Å². The van der Waals surface area contributed by atoms with Crippen molar-refractivity contribution in [2.24, 2.45) is 5.73 Å². The minimum atomic E-state index is 0.187. The fourth-order valence-electron chi connectivity index (χ4n) is 1.81. The summed E-state index contributed by atoms with van der Waals surface area (Å²) < 4.78 is 15.6. The Labute approximate surface area is 108 Å². The number of nitrogens with zero attached hydrogens (tertiary/aromatic N) is 2. The van der Waals surface area contributed by atoms with Gasteiger partial charge in [-0.25, -0.2) is 0 Å². The molecular weight excluding hydrogens is 258 g/mol. The number of ether oxygens (including phenoxy) is 2. The molecule has 1 aliphatic rings. The zero-order chi connectivity index (χ0) is 12.5. The van der Waals surface area contributed by atoms with Gasteiger partial charge in [0.15, 0.2) is 6.79 Å². The number of fused-ring (bicyclic) bond motifs is 1. The summed E-state index contributed by atoms with van der Waals surface area (Å²) in [4.78, 5) is 4.17. The highest BCUT2D eigenvalue weighted by atomic mass is 35.5. The zero-order valence-corrected chi connectivity index (χ0v) is 10.1. The van der Waals surface area contributed by atoms with Crippen LogP contribution in [0.2, 0.25) is 5.02 Å². The molecule has 0 fully saturated rings. The standard InChI is InChI=1S/C11H10ClN3O3/c12-7-1-2-8-6(4-16-5-17-8)10(7)11-14-9(3-13)18-15-11/h1-2H,3-5,13H2. The van der Waals surface area contributed by atoms with E-state index in [1.54, 1.807) is 12.1 Å². The van der Waals surface area contributed by atoms with Crippen LogP contribution in [0.4, 0.5) is 0 Å². The number of benzene rings is 1. The fourth-order valence-corrected chi connectivity index (χ4v) is 2.07. The Kier molecular flexibility index (Phi) is 2.91. The van der Waals surface area contributed by atoms with Crippen molar-refractivity contribution in [3.63, 3.8) is 0 Å². The van der Waals surface area contributed by atoms with Crippen molar-refractivity contribution in [3.05, 3.63) is 28.6 Å². The van der Waals surface area contributed by atoms with E-state index in [-0.39, 0.29) is 13.3 Å². The largest absolute Gasteiger partial charge is 0.467 e. The Hall–Kier alpha value is -1.63. The SMILES string of the molecule is NCc1nc(-c2c(Cl)ccc3c2COCO3)no1. The second kappa shape index (κ2) is 4.56. The number of hydrogen-bond acceptors (Lipinski definition) is 6. The molecule has 0 saturated heterocycles. The lowest BCUT2D eigenvalue weighted by molar-refractivity contribution is -0.0160. The molecular formula is C11H10ClN3O3. The van der Waals surface area contributed by atoms with Crippen molar-refractivity contribution in [2.75, 3.05) is 6.79 Å². The van der Waals surface area contributed by atoms with Crippen molar-refractivity contribution >= 4 is 11.6 Å². The molecule has 1 aromatic heterocycles. The Morgan fingerprint density at radius 2 is 2.28 bits per heavy atom. The second-order valence-electron chi connectivity index (χ2n) is 3.73. The molecule has 3 rings (SSSR count). The maximum absolute atomic E-state index is 6.18. The summed E-state index contributed by atoms with van der Waals surface area (Å²) in [7, 11) is 0. The summed E-state index contributed by atoms with van der Waals surface area (Å²) in [5.41, 5.74) is 6.92. The topological polar surface area (TPSA) is 83.4 Å². The van der Waals surface area contributed by atoms with Crippen molar-refractivity contribution in [1.29, 1.82) is 0 Å². The van der Waals surface area contributed by atoms with E-state index in [0.717, 1.165) is 11.3 Å². The van der Waals surface area contributed by atoms with Gasteiger partial charge >= 0.3 is 0 Å². The molecule has 1 aromatic carbocycles. The highest BCUT2D eigenvalue weighted by Crippen LogP contribution is 2.37. The quantitative estimate of drug-likeness (QED) is 0.892. The Morgan fingerprint density at radius 1 is 1.39 bits per heavy atom. The van der Waals surface area contributed by atoms with Gasteiger partial charge in [-0.05, 0) is 12.1 Å². The average molecular weight is 268 g/mol. The minimum Gasteiger partial charge on any atom is -0.467 e. The first kappa shape index (κ1) is 11.5. The van der Waals surface area contributed by atoms with Gasteiger partial charge < -0.3 is 19.7 Å². The molecule has 2 aromatic rings. The van der Waals surface area contributed by atoms with E-state index in [1.807, 2.05) is 0 Å². The van der Waals surface area contributed by atoms with Gasteiger partial charge in [-0.3, -0.25) is 0 Å². The van der Waals surface area contributed by atoms with Crippen LogP contribution >= 0.6 is 11.6 Å². The summed E-state index contributed by atoms with van der Waals surface area (Å²) in [6.07, 6.45) is 0. The van der Waals surface area contributed by atoms with Crippen molar-refractivity contribution in [3.8, 4) is 17.1 Å². The molecule has 0 spiro atoms. The molecule has 18 heavy (non-hydrogen) atoms. The van der Waals surface area contributed by atoms with Gasteiger partial charge in [-0.2, -0.15) is 4.98 Å². The van der Waals surface area contributed by atoms with Gasteiger partial charge in [0.25, 0.3) is 0 Å². The van der Waals surface area contributed by atoms with Crippen LogP contribution in [0.5, 0.6) is 5.75 Å². The van der Waals surface area contributed by atoms with E-state index in [4.69, 9.17) is 31.3 Å². The first-order valence-corrected chi connectivity index (χ1v) is 5.72. The lowest BCUT2D eigenvalue weighted by Gasteiger charge is -2.20. The molecule has 0 radical (unpaired) electrons. The first-order chi connectivity index (χ1) is 8.79. The van der Waals surface area contributed by atoms with Crippen LogP contribution in [0.15, 0.2) is 16.7 Å². The smallest absolute Gasteiger partial charge is 0.240 e. The number of aromatic nitrogens is 2. The predicted molar refractivity (Wildman–Crippen MR) is 62.9 cm³/mol. The summed E-state index contributed by atoms with van der Waals surface area (Å²) >= 11 is 6.18. The highest BCUT2D eigenvalue weighted by Gasteiger charge is 2.22. The third-order valence-electron chi connectivity index (χ3n) is 2.63. The van der Waals surface area contributed by atoms with Crippen molar-refractivity contribution in [2.45, 2.75) is 13.2 Å². The molecule has 1 aliphatic heterocycles. The maximum atomic E-state index is 6.18. The van der Waals surface area contributed by atoms with E-state index < -0.39 is 0 Å². The molecule has 0 bridgehead atoms. The molecule has 0 amide bonds. The summed E-state index contributed by atoms with van der Waals surface area (Å²) in [6.45, 7) is 0.818. The second-order valence-corrected chi connectivity index (χ2v) is 4.13. The lowest BCUT2D eigenvalue weighted by atomic mass is 10.1. The van der Waals surface area contributed by atoms with Gasteiger partial charge in [0.1, 0.15) is 5.75 Å². The van der Waals surface area contributed by atoms with Crippen LogP contribution in [-0.4, -0.2) is 16.9 Å². The van der Waals surface area contributed by atoms with Gasteiger partial charge in [0, 0.05) is 5.56 Å². The molecule has 6 nitrogen and oxygen atoms in total. The third-order valence-corrected chi connectivity index (χ3v) is 2.94. The number of nitrogens with two attached hydrogens (primary N) is 1. The Bertz CT molecular complexity index is 585. The van der Waals surface area contributed by atoms with Gasteiger partial charge in [0.05, 0.1) is 23.7 Å². The van der Waals surface area contributed by atoms with E-state index >= 15 is 0 Å². The monoisotopic (exact) mass is 267 g/mol. The number of halogens is 1. The van der Waals surface area contributed by atoms with E-state index in [0.29, 0.717) is 28.9 Å². The van der Waals surface area contributed by atoms with Crippen LogP contribution in [0, 0.1) is 0 Å². The normalized spacial score (nSPS) is 14.1. The summed E-state index contributed by atoms with van der Waals surface area (Å²) in [5.74, 6) is 1.47. The molecule has 0 aliphatic carbocycles. The molecule has 0 saturated carbocycles. The third kappa shape index (κ3) is 1.84. The zero-order valence-electron chi connectivity index (χ0n) is 9.35. The Morgan fingerprint density at radius 3 is 3.06 bits per heavy atom. The first-order valence-electron chi connectivity index (χ1n) is 5.34. The highest BCUT2D eigenvalue weighted by molar-refractivity contribution is 6.33. The van der Waals surface area contributed by atoms with Crippen LogP contribution in [0.25, 0.3) is 11.4 Å². The predicted octanol–water partition coefficient (Wildman–Crippen LogP) is 1.72. The summed E-state index contributed by atoms with van der Waals surface area (Å²) in [5, 5.41) is 4.39. The maximum Gasteiger partial charge on any atom is 0.240 e. The van der Waals surface area contributed by atoms with Crippen LogP contribution in [0.1, 0.15) is 11.5 Å². The Balaban J connectivity index is 2.15. The van der Waals surface area contributed by atoms with Crippen LogP contribution in [0.3, 0.4) is 0 Å². The van der Waals surface area contributed by atoms with Gasteiger partial charge in [-0.15, -0.1) is 0 Å². The molecule has 94 valence electrons.